The van der Waals surface area contributed by atoms with Gasteiger partial charge < -0.3 is 5.32 Å². The average molecular weight is 248 g/mol. The molecule has 96 valence electrons. The summed E-state index contributed by atoms with van der Waals surface area (Å²) in [6.45, 7) is 11.3. The van der Waals surface area contributed by atoms with E-state index in [-0.39, 0.29) is 16.7 Å². The first-order valence-electron chi connectivity index (χ1n) is 6.14. The molecular weight excluding hydrogens is 222 g/mol. The smallest absolute Gasteiger partial charge is 0.220 e. The lowest BCUT2D eigenvalue weighted by atomic mass is 9.80. The lowest BCUT2D eigenvalue weighted by molar-refractivity contribution is -0.122. The summed E-state index contributed by atoms with van der Waals surface area (Å²) in [7, 11) is 0. The van der Waals surface area contributed by atoms with Gasteiger partial charge in [0.15, 0.2) is 0 Å². The van der Waals surface area contributed by atoms with Gasteiger partial charge in [-0.2, -0.15) is 0 Å². The third kappa shape index (κ3) is 7.98. The normalized spacial score (nSPS) is 15.6. The van der Waals surface area contributed by atoms with Crippen LogP contribution in [-0.2, 0) is 4.79 Å². The van der Waals surface area contributed by atoms with E-state index < -0.39 is 0 Å². The minimum absolute atomic E-state index is 0.157. The fraction of sp³-hybridized carbons (Fsp3) is 0.923. The van der Waals surface area contributed by atoms with Gasteiger partial charge in [-0.25, -0.2) is 0 Å². The zero-order chi connectivity index (χ0) is 12.8. The van der Waals surface area contributed by atoms with Gasteiger partial charge in [0.1, 0.15) is 0 Å². The number of carbonyl (C=O) groups is 1. The Labute approximate surface area is 105 Å². The van der Waals surface area contributed by atoms with Crippen LogP contribution in [0.3, 0.4) is 0 Å². The molecule has 0 spiro atoms. The van der Waals surface area contributed by atoms with Crippen molar-refractivity contribution in [2.75, 3.05) is 6.54 Å². The first-order chi connectivity index (χ1) is 7.23. The molecule has 0 fully saturated rings. The molecule has 2 nitrogen and oxygen atoms in total. The van der Waals surface area contributed by atoms with Crippen LogP contribution >= 0.6 is 11.6 Å². The molecule has 0 aromatic rings. The Morgan fingerprint density at radius 3 is 2.31 bits per heavy atom. The molecule has 2 atom stereocenters. The number of halogens is 1. The van der Waals surface area contributed by atoms with Gasteiger partial charge >= 0.3 is 0 Å². The molecule has 0 heterocycles. The Kier molecular flexibility index (Phi) is 7.05. The number of amides is 1. The third-order valence-electron chi connectivity index (χ3n) is 3.07. The minimum atomic E-state index is 0.157. The van der Waals surface area contributed by atoms with Crippen LogP contribution in [-0.4, -0.2) is 17.8 Å². The zero-order valence-corrected chi connectivity index (χ0v) is 12.0. The molecule has 0 rings (SSSR count). The average Bonchev–Trinajstić information content (AvgIpc) is 2.10. The van der Waals surface area contributed by atoms with E-state index in [1.165, 1.54) is 0 Å². The minimum Gasteiger partial charge on any atom is -0.356 e. The Hall–Kier alpha value is -0.240. The lowest BCUT2D eigenvalue weighted by Gasteiger charge is -2.26. The van der Waals surface area contributed by atoms with Crippen molar-refractivity contribution < 1.29 is 4.79 Å². The molecule has 0 saturated heterocycles. The van der Waals surface area contributed by atoms with Gasteiger partial charge in [-0.05, 0) is 31.1 Å². The van der Waals surface area contributed by atoms with Crippen LogP contribution in [0.15, 0.2) is 0 Å². The van der Waals surface area contributed by atoms with E-state index in [4.69, 9.17) is 11.6 Å². The first kappa shape index (κ1) is 15.8. The van der Waals surface area contributed by atoms with Crippen LogP contribution in [0.5, 0.6) is 0 Å². The molecule has 0 saturated carbocycles. The summed E-state index contributed by atoms with van der Waals surface area (Å²) < 4.78 is 0. The highest BCUT2D eigenvalue weighted by Gasteiger charge is 2.22. The molecule has 3 heteroatoms. The molecule has 0 aromatic carbocycles. The van der Waals surface area contributed by atoms with Gasteiger partial charge in [0.05, 0.1) is 0 Å². The standard InChI is InChI=1S/C13H26ClNO/c1-10(13(3,4)5)9-12(16)15-8-6-7-11(2)14/h10-11H,6-9H2,1-5H3,(H,15,16). The van der Waals surface area contributed by atoms with Crippen molar-refractivity contribution in [2.24, 2.45) is 11.3 Å². The highest BCUT2D eigenvalue weighted by Crippen LogP contribution is 2.27. The summed E-state index contributed by atoms with van der Waals surface area (Å²) in [5, 5.41) is 3.14. The van der Waals surface area contributed by atoms with Crippen molar-refractivity contribution in [2.45, 2.75) is 59.3 Å². The molecule has 0 radical (unpaired) electrons. The van der Waals surface area contributed by atoms with E-state index >= 15 is 0 Å². The summed E-state index contributed by atoms with van der Waals surface area (Å²) >= 11 is 5.82. The summed E-state index contributed by atoms with van der Waals surface area (Å²) in [4.78, 5) is 11.6. The number of nitrogens with one attached hydrogen (secondary N) is 1. The molecule has 0 aliphatic heterocycles. The van der Waals surface area contributed by atoms with E-state index in [0.717, 1.165) is 19.4 Å². The summed E-state index contributed by atoms with van der Waals surface area (Å²) in [6.07, 6.45) is 2.52. The van der Waals surface area contributed by atoms with Crippen molar-refractivity contribution in [3.63, 3.8) is 0 Å². The Morgan fingerprint density at radius 1 is 1.31 bits per heavy atom. The Bertz CT molecular complexity index is 208. The number of alkyl halides is 1. The molecule has 1 N–H and O–H groups in total. The fourth-order valence-electron chi connectivity index (χ4n) is 1.27. The maximum absolute atomic E-state index is 11.6. The first-order valence-corrected chi connectivity index (χ1v) is 6.58. The predicted molar refractivity (Wildman–Crippen MR) is 70.8 cm³/mol. The Morgan fingerprint density at radius 2 is 1.88 bits per heavy atom. The summed E-state index contributed by atoms with van der Waals surface area (Å²) in [5.74, 6) is 0.559. The van der Waals surface area contributed by atoms with Crippen molar-refractivity contribution in [1.82, 2.24) is 5.32 Å². The molecule has 2 unspecified atom stereocenters. The molecule has 16 heavy (non-hydrogen) atoms. The topological polar surface area (TPSA) is 29.1 Å². The quantitative estimate of drug-likeness (QED) is 0.564. The van der Waals surface area contributed by atoms with Gasteiger partial charge in [-0.15, -0.1) is 11.6 Å². The van der Waals surface area contributed by atoms with Gasteiger partial charge in [-0.1, -0.05) is 27.7 Å². The molecule has 0 aliphatic rings. The van der Waals surface area contributed by atoms with E-state index in [1.807, 2.05) is 6.92 Å². The Balaban J connectivity index is 3.67. The molecular formula is C13H26ClNO. The maximum atomic E-state index is 11.6. The maximum Gasteiger partial charge on any atom is 0.220 e. The van der Waals surface area contributed by atoms with Gasteiger partial charge in [0.25, 0.3) is 0 Å². The van der Waals surface area contributed by atoms with Crippen LogP contribution in [0.1, 0.15) is 53.9 Å². The zero-order valence-electron chi connectivity index (χ0n) is 11.3. The lowest BCUT2D eigenvalue weighted by Crippen LogP contribution is -2.29. The largest absolute Gasteiger partial charge is 0.356 e. The van der Waals surface area contributed by atoms with Gasteiger partial charge in [0.2, 0.25) is 5.91 Å². The van der Waals surface area contributed by atoms with Crippen LogP contribution in [0.2, 0.25) is 0 Å². The highest BCUT2D eigenvalue weighted by atomic mass is 35.5. The summed E-state index contributed by atoms with van der Waals surface area (Å²) in [5.41, 5.74) is 0.196. The van der Waals surface area contributed by atoms with E-state index in [0.29, 0.717) is 12.3 Å². The molecule has 1 amide bonds. The van der Waals surface area contributed by atoms with Crippen LogP contribution in [0.4, 0.5) is 0 Å². The van der Waals surface area contributed by atoms with Crippen molar-refractivity contribution >= 4 is 17.5 Å². The van der Waals surface area contributed by atoms with Gasteiger partial charge in [-0.3, -0.25) is 4.79 Å². The van der Waals surface area contributed by atoms with Crippen LogP contribution in [0.25, 0.3) is 0 Å². The SMILES string of the molecule is CC(Cl)CCCNC(=O)CC(C)C(C)(C)C. The predicted octanol–water partition coefficient (Wildman–Crippen LogP) is 3.58. The van der Waals surface area contributed by atoms with E-state index in [9.17, 15) is 4.79 Å². The van der Waals surface area contributed by atoms with E-state index in [1.54, 1.807) is 0 Å². The molecule has 0 aliphatic carbocycles. The van der Waals surface area contributed by atoms with Crippen LogP contribution in [0, 0.1) is 11.3 Å². The summed E-state index contributed by atoms with van der Waals surface area (Å²) in [6, 6.07) is 0. The second-order valence-corrected chi connectivity index (χ2v) is 6.49. The van der Waals surface area contributed by atoms with Crippen LogP contribution < -0.4 is 5.32 Å². The van der Waals surface area contributed by atoms with E-state index in [2.05, 4.69) is 33.0 Å². The second-order valence-electron chi connectivity index (χ2n) is 5.74. The second kappa shape index (κ2) is 7.16. The fourth-order valence-corrected chi connectivity index (χ4v) is 1.42. The van der Waals surface area contributed by atoms with Crippen molar-refractivity contribution in [1.29, 1.82) is 0 Å². The van der Waals surface area contributed by atoms with Gasteiger partial charge in [0, 0.05) is 18.3 Å². The monoisotopic (exact) mass is 247 g/mol. The number of hydrogen-bond acceptors (Lipinski definition) is 1. The third-order valence-corrected chi connectivity index (χ3v) is 3.29. The van der Waals surface area contributed by atoms with Crippen molar-refractivity contribution in [3.05, 3.63) is 0 Å². The molecule has 0 aromatic heterocycles. The number of carbonyl (C=O) groups excluding carboxylic acids is 1. The number of hydrogen-bond donors (Lipinski definition) is 1. The molecule has 0 bridgehead atoms. The highest BCUT2D eigenvalue weighted by molar-refractivity contribution is 6.20. The van der Waals surface area contributed by atoms with Crippen molar-refractivity contribution in [3.8, 4) is 0 Å². The number of rotatable bonds is 6.